The van der Waals surface area contributed by atoms with Crippen molar-refractivity contribution in [3.63, 3.8) is 0 Å². The number of rotatable bonds is 7. The molecule has 152 valence electrons. The first kappa shape index (κ1) is 20.8. The van der Waals surface area contributed by atoms with Crippen LogP contribution in [0.3, 0.4) is 0 Å². The number of hydrogen-bond donors (Lipinski definition) is 1. The summed E-state index contributed by atoms with van der Waals surface area (Å²) in [5, 5.41) is 8.70. The van der Waals surface area contributed by atoms with E-state index in [9.17, 15) is 0 Å². The maximum Gasteiger partial charge on any atom is 0.173 e. The number of piperazine rings is 1. The van der Waals surface area contributed by atoms with E-state index in [-0.39, 0.29) is 0 Å². The molecule has 28 heavy (non-hydrogen) atoms. The quantitative estimate of drug-likeness (QED) is 0.710. The Morgan fingerprint density at radius 3 is 2.43 bits per heavy atom. The number of aromatic nitrogens is 2. The number of unbranched alkanes of at least 4 members (excludes halogenated alkanes) is 1. The second kappa shape index (κ2) is 10.0. The summed E-state index contributed by atoms with van der Waals surface area (Å²) in [4.78, 5) is 4.77. The van der Waals surface area contributed by atoms with E-state index in [0.717, 1.165) is 56.5 Å². The molecular formula is C22H33N5S. The molecule has 6 heteroatoms. The Labute approximate surface area is 174 Å². The molecule has 2 aromatic rings. The fourth-order valence-electron chi connectivity index (χ4n) is 3.65. The van der Waals surface area contributed by atoms with Crippen LogP contribution >= 0.6 is 12.2 Å². The molecular weight excluding hydrogens is 366 g/mol. The molecule has 1 aromatic heterocycles. The molecule has 1 N–H and O–H groups in total. The zero-order valence-electron chi connectivity index (χ0n) is 17.4. The predicted molar refractivity (Wildman–Crippen MR) is 121 cm³/mol. The molecule has 3 rings (SSSR count). The van der Waals surface area contributed by atoms with Crippen molar-refractivity contribution in [2.45, 2.75) is 53.1 Å². The van der Waals surface area contributed by atoms with Gasteiger partial charge in [0.15, 0.2) is 5.11 Å². The van der Waals surface area contributed by atoms with Gasteiger partial charge >= 0.3 is 0 Å². The molecule has 0 unspecified atom stereocenters. The molecule has 1 fully saturated rings. The van der Waals surface area contributed by atoms with Gasteiger partial charge in [0.05, 0.1) is 6.20 Å². The van der Waals surface area contributed by atoms with Crippen LogP contribution in [-0.4, -0.2) is 50.9 Å². The summed E-state index contributed by atoms with van der Waals surface area (Å²) in [5.74, 6) is 0. The summed E-state index contributed by atoms with van der Waals surface area (Å²) in [5.41, 5.74) is 5.09. The van der Waals surface area contributed by atoms with Crippen LogP contribution in [0.1, 0.15) is 43.5 Å². The van der Waals surface area contributed by atoms with E-state index in [1.807, 2.05) is 6.20 Å². The van der Waals surface area contributed by atoms with Crippen molar-refractivity contribution < 1.29 is 0 Å². The van der Waals surface area contributed by atoms with Crippen LogP contribution in [0.25, 0.3) is 0 Å². The van der Waals surface area contributed by atoms with E-state index < -0.39 is 0 Å². The van der Waals surface area contributed by atoms with Gasteiger partial charge in [0.2, 0.25) is 0 Å². The molecule has 0 aliphatic carbocycles. The predicted octanol–water partition coefficient (Wildman–Crippen LogP) is 4.07. The number of benzene rings is 1. The third-order valence-corrected chi connectivity index (χ3v) is 5.94. The lowest BCUT2D eigenvalue weighted by Gasteiger charge is -2.36. The number of anilines is 1. The molecule has 0 amide bonds. The normalized spacial score (nSPS) is 15.0. The maximum atomic E-state index is 5.65. The largest absolute Gasteiger partial charge is 0.346 e. The second-order valence-electron chi connectivity index (χ2n) is 7.56. The minimum atomic E-state index is 0.830. The first-order chi connectivity index (χ1) is 13.6. The molecule has 0 radical (unpaired) electrons. The fourth-order valence-corrected chi connectivity index (χ4v) is 3.95. The first-order valence-corrected chi connectivity index (χ1v) is 10.9. The van der Waals surface area contributed by atoms with Crippen molar-refractivity contribution in [1.29, 1.82) is 0 Å². The molecule has 1 aliphatic heterocycles. The molecule has 1 aliphatic rings. The van der Waals surface area contributed by atoms with E-state index in [2.05, 4.69) is 69.9 Å². The van der Waals surface area contributed by atoms with E-state index >= 15 is 0 Å². The van der Waals surface area contributed by atoms with Gasteiger partial charge in [-0.3, -0.25) is 9.58 Å². The zero-order valence-corrected chi connectivity index (χ0v) is 18.3. The Balaban J connectivity index is 1.46. The van der Waals surface area contributed by atoms with Gasteiger partial charge in [-0.1, -0.05) is 25.5 Å². The van der Waals surface area contributed by atoms with Crippen molar-refractivity contribution in [1.82, 2.24) is 19.6 Å². The van der Waals surface area contributed by atoms with Crippen LogP contribution in [0, 0.1) is 6.92 Å². The molecule has 0 spiro atoms. The number of thiocarbonyl (C=S) groups is 1. The van der Waals surface area contributed by atoms with Gasteiger partial charge in [-0.2, -0.15) is 5.10 Å². The second-order valence-corrected chi connectivity index (χ2v) is 7.95. The molecule has 1 saturated heterocycles. The lowest BCUT2D eigenvalue weighted by atomic mass is 10.1. The Morgan fingerprint density at radius 2 is 1.82 bits per heavy atom. The van der Waals surface area contributed by atoms with E-state index in [1.54, 1.807) is 0 Å². The monoisotopic (exact) mass is 399 g/mol. The molecule has 0 atom stereocenters. The number of nitrogens with one attached hydrogen (secondary N) is 1. The van der Waals surface area contributed by atoms with Gasteiger partial charge < -0.3 is 10.2 Å². The topological polar surface area (TPSA) is 36.3 Å². The van der Waals surface area contributed by atoms with Gasteiger partial charge in [0.1, 0.15) is 0 Å². The minimum Gasteiger partial charge on any atom is -0.346 e. The molecule has 0 bridgehead atoms. The van der Waals surface area contributed by atoms with Gasteiger partial charge in [-0.05, 0) is 56.6 Å². The summed E-state index contributed by atoms with van der Waals surface area (Å²) in [6, 6.07) is 8.69. The fraction of sp³-hybridized carbons (Fsp3) is 0.545. The maximum absolute atomic E-state index is 5.65. The lowest BCUT2D eigenvalue weighted by molar-refractivity contribution is 0.176. The third-order valence-electron chi connectivity index (χ3n) is 5.58. The Morgan fingerprint density at radius 1 is 1.11 bits per heavy atom. The highest BCUT2D eigenvalue weighted by Gasteiger charge is 2.20. The van der Waals surface area contributed by atoms with Gasteiger partial charge in [-0.15, -0.1) is 0 Å². The van der Waals surface area contributed by atoms with E-state index in [0.29, 0.717) is 0 Å². The number of hydrogen-bond acceptors (Lipinski definition) is 3. The summed E-state index contributed by atoms with van der Waals surface area (Å²) >= 11 is 5.65. The highest BCUT2D eigenvalue weighted by atomic mass is 32.1. The molecule has 0 saturated carbocycles. The van der Waals surface area contributed by atoms with Crippen molar-refractivity contribution >= 4 is 23.0 Å². The van der Waals surface area contributed by atoms with Crippen molar-refractivity contribution in [2.24, 2.45) is 0 Å². The Kier molecular flexibility index (Phi) is 7.45. The summed E-state index contributed by atoms with van der Waals surface area (Å²) in [6.07, 6.45) is 5.65. The van der Waals surface area contributed by atoms with Crippen molar-refractivity contribution in [3.8, 4) is 0 Å². The molecule has 5 nitrogen and oxygen atoms in total. The van der Waals surface area contributed by atoms with Crippen LogP contribution in [0.15, 0.2) is 30.5 Å². The van der Waals surface area contributed by atoms with E-state index in [4.69, 9.17) is 12.2 Å². The van der Waals surface area contributed by atoms with Crippen LogP contribution in [0.4, 0.5) is 5.69 Å². The summed E-state index contributed by atoms with van der Waals surface area (Å²) in [6.45, 7) is 12.4. The van der Waals surface area contributed by atoms with Crippen LogP contribution < -0.4 is 5.32 Å². The van der Waals surface area contributed by atoms with Crippen LogP contribution in [0.2, 0.25) is 0 Å². The first-order valence-electron chi connectivity index (χ1n) is 10.5. The zero-order chi connectivity index (χ0) is 19.9. The number of aryl methyl sites for hydroxylation is 2. The lowest BCUT2D eigenvalue weighted by Crippen LogP contribution is -2.49. The Bertz CT molecular complexity index is 760. The SMILES string of the molecule is CCCCc1ccc(NC(=S)N2CCN(Cc3cnn(CC)c3C)CC2)cc1. The average Bonchev–Trinajstić information content (AvgIpc) is 3.07. The third kappa shape index (κ3) is 5.32. The molecule has 2 heterocycles. The van der Waals surface area contributed by atoms with Crippen LogP contribution in [0.5, 0.6) is 0 Å². The van der Waals surface area contributed by atoms with Gasteiger partial charge in [0, 0.05) is 56.2 Å². The number of nitrogens with zero attached hydrogens (tertiary/aromatic N) is 4. The van der Waals surface area contributed by atoms with Crippen molar-refractivity contribution in [2.75, 3.05) is 31.5 Å². The van der Waals surface area contributed by atoms with Crippen molar-refractivity contribution in [3.05, 3.63) is 47.3 Å². The summed E-state index contributed by atoms with van der Waals surface area (Å²) in [7, 11) is 0. The molecule has 1 aromatic carbocycles. The standard InChI is InChI=1S/C22H33N5S/c1-4-6-7-19-8-10-21(11-9-19)24-22(28)26-14-12-25(13-15-26)17-20-16-23-27(5-2)18(20)3/h8-11,16H,4-7,12-15,17H2,1-3H3,(H,24,28). The smallest absolute Gasteiger partial charge is 0.173 e. The average molecular weight is 400 g/mol. The highest BCUT2D eigenvalue weighted by molar-refractivity contribution is 7.80. The van der Waals surface area contributed by atoms with Gasteiger partial charge in [0.25, 0.3) is 0 Å². The van der Waals surface area contributed by atoms with Crippen LogP contribution in [-0.2, 0) is 19.5 Å². The van der Waals surface area contributed by atoms with Gasteiger partial charge in [-0.25, -0.2) is 0 Å². The van der Waals surface area contributed by atoms with E-state index in [1.165, 1.54) is 29.7 Å². The summed E-state index contributed by atoms with van der Waals surface area (Å²) < 4.78 is 2.07. The highest BCUT2D eigenvalue weighted by Crippen LogP contribution is 2.15. The minimum absolute atomic E-state index is 0.830. The Hall–Kier alpha value is -1.92.